The van der Waals surface area contributed by atoms with E-state index in [1.165, 1.54) is 0 Å². The molecular weight excluding hydrogens is 345 g/mol. The number of nitrogens with one attached hydrogen (secondary N) is 1. The van der Waals surface area contributed by atoms with Crippen molar-refractivity contribution >= 4 is 23.2 Å². The van der Waals surface area contributed by atoms with Crippen LogP contribution in [0, 0.1) is 0 Å². The van der Waals surface area contributed by atoms with E-state index in [2.05, 4.69) is 19.2 Å². The van der Waals surface area contributed by atoms with Gasteiger partial charge in [-0.2, -0.15) is 0 Å². The van der Waals surface area contributed by atoms with E-state index < -0.39 is 0 Å². The summed E-state index contributed by atoms with van der Waals surface area (Å²) in [6.07, 6.45) is 1.09. The Hall–Kier alpha value is -1.42. The Bertz CT molecular complexity index is 656. The zero-order chi connectivity index (χ0) is 17.5. The molecule has 0 aliphatic carbocycles. The maximum atomic E-state index is 6.18. The van der Waals surface area contributed by atoms with E-state index in [0.717, 1.165) is 24.1 Å². The maximum absolute atomic E-state index is 6.18. The van der Waals surface area contributed by atoms with Gasteiger partial charge in [-0.3, -0.25) is 0 Å². The van der Waals surface area contributed by atoms with Gasteiger partial charge in [0.1, 0.15) is 6.61 Å². The first-order valence-corrected chi connectivity index (χ1v) is 8.76. The molecule has 0 saturated heterocycles. The largest absolute Gasteiger partial charge is 0.493 e. The van der Waals surface area contributed by atoms with E-state index in [0.29, 0.717) is 34.2 Å². The van der Waals surface area contributed by atoms with Crippen LogP contribution in [0.3, 0.4) is 0 Å². The van der Waals surface area contributed by atoms with Crippen LogP contribution < -0.4 is 14.8 Å². The molecule has 1 N–H and O–H groups in total. The lowest BCUT2D eigenvalue weighted by Crippen LogP contribution is -2.24. The summed E-state index contributed by atoms with van der Waals surface area (Å²) in [5.74, 6) is 1.36. The van der Waals surface area contributed by atoms with Gasteiger partial charge in [0.2, 0.25) is 0 Å². The van der Waals surface area contributed by atoms with Crippen LogP contribution in [0.5, 0.6) is 11.5 Å². The first-order valence-electron chi connectivity index (χ1n) is 8.01. The third kappa shape index (κ3) is 5.04. The molecule has 0 aromatic heterocycles. The standard InChI is InChI=1S/C19H23Cl2NO2/c1-4-13(2)22-11-14-8-9-18(19(10-14)23-3)24-12-15-16(20)6-5-7-17(15)21/h5-10,13,22H,4,11-12H2,1-3H3/t13-/m0/s1. The fourth-order valence-corrected chi connectivity index (χ4v) is 2.70. The van der Waals surface area contributed by atoms with Crippen LogP contribution >= 0.6 is 23.2 Å². The molecule has 130 valence electrons. The van der Waals surface area contributed by atoms with Crippen LogP contribution in [-0.4, -0.2) is 13.2 Å². The summed E-state index contributed by atoms with van der Waals surface area (Å²) in [7, 11) is 1.64. The lowest BCUT2D eigenvalue weighted by atomic mass is 10.1. The Morgan fingerprint density at radius 1 is 1.08 bits per heavy atom. The fraction of sp³-hybridized carbons (Fsp3) is 0.368. The van der Waals surface area contributed by atoms with Gasteiger partial charge in [-0.25, -0.2) is 0 Å². The van der Waals surface area contributed by atoms with Gasteiger partial charge >= 0.3 is 0 Å². The topological polar surface area (TPSA) is 30.5 Å². The van der Waals surface area contributed by atoms with E-state index in [4.69, 9.17) is 32.7 Å². The summed E-state index contributed by atoms with van der Waals surface area (Å²) in [5.41, 5.74) is 1.92. The predicted molar refractivity (Wildman–Crippen MR) is 100 cm³/mol. The Balaban J connectivity index is 2.07. The van der Waals surface area contributed by atoms with Gasteiger partial charge in [-0.15, -0.1) is 0 Å². The van der Waals surface area contributed by atoms with E-state index in [1.54, 1.807) is 19.2 Å². The van der Waals surface area contributed by atoms with Gasteiger partial charge in [-0.1, -0.05) is 42.3 Å². The molecule has 0 bridgehead atoms. The summed E-state index contributed by atoms with van der Waals surface area (Å²) in [6, 6.07) is 11.8. The Kier molecular flexibility index (Phi) is 7.22. The predicted octanol–water partition coefficient (Wildman–Crippen LogP) is 5.47. The van der Waals surface area contributed by atoms with Crippen molar-refractivity contribution in [2.45, 2.75) is 39.5 Å². The van der Waals surface area contributed by atoms with Crippen molar-refractivity contribution in [3.63, 3.8) is 0 Å². The van der Waals surface area contributed by atoms with Crippen molar-refractivity contribution < 1.29 is 9.47 Å². The molecule has 0 aliphatic heterocycles. The molecule has 0 unspecified atom stereocenters. The quantitative estimate of drug-likeness (QED) is 0.670. The number of hydrogen-bond acceptors (Lipinski definition) is 3. The van der Waals surface area contributed by atoms with Gasteiger partial charge < -0.3 is 14.8 Å². The molecule has 2 rings (SSSR count). The highest BCUT2D eigenvalue weighted by Gasteiger charge is 2.10. The average molecular weight is 368 g/mol. The van der Waals surface area contributed by atoms with Crippen LogP contribution in [0.1, 0.15) is 31.4 Å². The van der Waals surface area contributed by atoms with Gasteiger partial charge in [-0.05, 0) is 43.2 Å². The third-order valence-corrected chi connectivity index (χ3v) is 4.64. The lowest BCUT2D eigenvalue weighted by Gasteiger charge is -2.15. The minimum absolute atomic E-state index is 0.291. The summed E-state index contributed by atoms with van der Waals surface area (Å²) in [6.45, 7) is 5.42. The molecule has 5 heteroatoms. The van der Waals surface area contributed by atoms with Gasteiger partial charge in [0, 0.05) is 28.2 Å². The number of methoxy groups -OCH3 is 1. The van der Waals surface area contributed by atoms with Crippen LogP contribution in [0.25, 0.3) is 0 Å². The van der Waals surface area contributed by atoms with Crippen molar-refractivity contribution in [2.24, 2.45) is 0 Å². The van der Waals surface area contributed by atoms with Crippen molar-refractivity contribution in [2.75, 3.05) is 7.11 Å². The molecule has 2 aromatic carbocycles. The first kappa shape index (κ1) is 18.9. The number of hydrogen-bond donors (Lipinski definition) is 1. The van der Waals surface area contributed by atoms with Crippen molar-refractivity contribution in [3.05, 3.63) is 57.6 Å². The number of rotatable bonds is 8. The summed E-state index contributed by atoms with van der Waals surface area (Å²) < 4.78 is 11.3. The molecular formula is C19H23Cl2NO2. The number of benzene rings is 2. The monoisotopic (exact) mass is 367 g/mol. The van der Waals surface area contributed by atoms with Crippen molar-refractivity contribution in [1.29, 1.82) is 0 Å². The second kappa shape index (κ2) is 9.16. The van der Waals surface area contributed by atoms with E-state index in [-0.39, 0.29) is 0 Å². The summed E-state index contributed by atoms with van der Waals surface area (Å²) in [5, 5.41) is 4.65. The fourth-order valence-electron chi connectivity index (χ4n) is 2.20. The second-order valence-electron chi connectivity index (χ2n) is 5.66. The molecule has 0 radical (unpaired) electrons. The Morgan fingerprint density at radius 2 is 1.79 bits per heavy atom. The van der Waals surface area contributed by atoms with Gasteiger partial charge in [0.05, 0.1) is 7.11 Å². The minimum Gasteiger partial charge on any atom is -0.493 e. The van der Waals surface area contributed by atoms with Crippen LogP contribution in [-0.2, 0) is 13.2 Å². The van der Waals surface area contributed by atoms with Gasteiger partial charge in [0.15, 0.2) is 11.5 Å². The number of ether oxygens (including phenoxy) is 2. The second-order valence-corrected chi connectivity index (χ2v) is 6.48. The molecule has 0 heterocycles. The molecule has 0 spiro atoms. The molecule has 0 fully saturated rings. The van der Waals surface area contributed by atoms with Crippen LogP contribution in [0.2, 0.25) is 10.0 Å². The molecule has 1 atom stereocenters. The van der Waals surface area contributed by atoms with Crippen LogP contribution in [0.4, 0.5) is 0 Å². The molecule has 24 heavy (non-hydrogen) atoms. The van der Waals surface area contributed by atoms with Crippen LogP contribution in [0.15, 0.2) is 36.4 Å². The van der Waals surface area contributed by atoms with Crippen molar-refractivity contribution in [3.8, 4) is 11.5 Å². The molecule has 0 saturated carbocycles. The lowest BCUT2D eigenvalue weighted by molar-refractivity contribution is 0.284. The smallest absolute Gasteiger partial charge is 0.161 e. The van der Waals surface area contributed by atoms with E-state index in [9.17, 15) is 0 Å². The highest BCUT2D eigenvalue weighted by Crippen LogP contribution is 2.31. The maximum Gasteiger partial charge on any atom is 0.161 e. The molecule has 0 aliphatic rings. The highest BCUT2D eigenvalue weighted by atomic mass is 35.5. The third-order valence-electron chi connectivity index (χ3n) is 3.93. The number of halogens is 2. The Morgan fingerprint density at radius 3 is 2.42 bits per heavy atom. The van der Waals surface area contributed by atoms with Gasteiger partial charge in [0.25, 0.3) is 0 Å². The summed E-state index contributed by atoms with van der Waals surface area (Å²) >= 11 is 12.4. The Labute approximate surface area is 153 Å². The average Bonchev–Trinajstić information content (AvgIpc) is 2.59. The summed E-state index contributed by atoms with van der Waals surface area (Å²) in [4.78, 5) is 0. The van der Waals surface area contributed by atoms with E-state index in [1.807, 2.05) is 24.3 Å². The zero-order valence-corrected chi connectivity index (χ0v) is 15.7. The van der Waals surface area contributed by atoms with E-state index >= 15 is 0 Å². The van der Waals surface area contributed by atoms with Crippen molar-refractivity contribution in [1.82, 2.24) is 5.32 Å². The molecule has 2 aromatic rings. The normalized spacial score (nSPS) is 12.0. The molecule has 3 nitrogen and oxygen atoms in total. The molecule has 0 amide bonds. The minimum atomic E-state index is 0.291. The first-order chi connectivity index (χ1) is 11.5. The SMILES string of the molecule is CC[C@H](C)NCc1ccc(OCc2c(Cl)cccc2Cl)c(OC)c1. The zero-order valence-electron chi connectivity index (χ0n) is 14.2. The highest BCUT2D eigenvalue weighted by molar-refractivity contribution is 6.35.